The van der Waals surface area contributed by atoms with Crippen LogP contribution in [0.1, 0.15) is 17.1 Å². The Labute approximate surface area is 127 Å². The highest BCUT2D eigenvalue weighted by molar-refractivity contribution is 7.09. The van der Waals surface area contributed by atoms with Crippen LogP contribution in [0.3, 0.4) is 0 Å². The van der Waals surface area contributed by atoms with Crippen molar-refractivity contribution in [2.45, 2.75) is 25.0 Å². The quantitative estimate of drug-likeness (QED) is 0.917. The number of carbonyl (C=O) groups excluding carboxylic acids is 1. The summed E-state index contributed by atoms with van der Waals surface area (Å²) in [5.41, 5.74) is 5.31. The third-order valence-electron chi connectivity index (χ3n) is 3.62. The first-order chi connectivity index (χ1) is 10.2. The zero-order valence-corrected chi connectivity index (χ0v) is 12.5. The average Bonchev–Trinajstić information content (AvgIpc) is 3.20. The molecule has 1 fully saturated rings. The van der Waals surface area contributed by atoms with Gasteiger partial charge in [-0.1, -0.05) is 6.07 Å². The summed E-state index contributed by atoms with van der Waals surface area (Å²) in [6.07, 6.45) is 2.17. The molecular weight excluding hydrogens is 288 g/mol. The van der Waals surface area contributed by atoms with Crippen LogP contribution in [0, 0.1) is 0 Å². The number of carbonyl (C=O) groups is 1. The van der Waals surface area contributed by atoms with Crippen LogP contribution in [0.5, 0.6) is 0 Å². The minimum atomic E-state index is -0.913. The van der Waals surface area contributed by atoms with Gasteiger partial charge in [-0.2, -0.15) is 0 Å². The van der Waals surface area contributed by atoms with Crippen molar-refractivity contribution in [3.63, 3.8) is 0 Å². The van der Waals surface area contributed by atoms with Crippen molar-refractivity contribution in [1.29, 1.82) is 0 Å². The van der Waals surface area contributed by atoms with Gasteiger partial charge in [-0.3, -0.25) is 4.79 Å². The summed E-state index contributed by atoms with van der Waals surface area (Å²) in [5.74, 6) is 0.673. The van der Waals surface area contributed by atoms with Crippen LogP contribution in [0.15, 0.2) is 40.3 Å². The molecule has 0 bridgehead atoms. The number of rotatable bonds is 5. The lowest BCUT2D eigenvalue weighted by Gasteiger charge is -2.29. The molecule has 0 radical (unpaired) electrons. The molecule has 21 heavy (non-hydrogen) atoms. The van der Waals surface area contributed by atoms with E-state index in [1.54, 1.807) is 22.5 Å². The molecule has 0 aliphatic carbocycles. The van der Waals surface area contributed by atoms with Crippen molar-refractivity contribution in [2.24, 2.45) is 5.73 Å². The minimum absolute atomic E-state index is 0.0789. The molecule has 0 saturated carbocycles. The number of nitrogens with zero attached hydrogens (tertiary/aromatic N) is 1. The van der Waals surface area contributed by atoms with Gasteiger partial charge >= 0.3 is 0 Å². The maximum Gasteiger partial charge on any atom is 0.245 e. The first-order valence-electron chi connectivity index (χ1n) is 6.88. The molecule has 6 heteroatoms. The van der Waals surface area contributed by atoms with Gasteiger partial charge in [-0.15, -0.1) is 11.3 Å². The second kappa shape index (κ2) is 6.01. The Morgan fingerprint density at radius 1 is 1.38 bits per heavy atom. The molecule has 1 unspecified atom stereocenters. The highest BCUT2D eigenvalue weighted by Crippen LogP contribution is 2.22. The SMILES string of the molecule is NC1(C(=O)N(Cc2ccco2)Cc2cccs2)CCOC1. The summed E-state index contributed by atoms with van der Waals surface area (Å²) in [4.78, 5) is 15.7. The predicted octanol–water partition coefficient (Wildman–Crippen LogP) is 1.99. The molecule has 5 nitrogen and oxygen atoms in total. The maximum absolute atomic E-state index is 12.8. The van der Waals surface area contributed by atoms with E-state index >= 15 is 0 Å². The van der Waals surface area contributed by atoms with E-state index in [4.69, 9.17) is 14.9 Å². The van der Waals surface area contributed by atoms with E-state index < -0.39 is 5.54 Å². The largest absolute Gasteiger partial charge is 0.467 e. The average molecular weight is 306 g/mol. The zero-order valence-electron chi connectivity index (χ0n) is 11.7. The lowest BCUT2D eigenvalue weighted by Crippen LogP contribution is -2.55. The van der Waals surface area contributed by atoms with Crippen molar-refractivity contribution < 1.29 is 13.9 Å². The molecule has 112 valence electrons. The van der Waals surface area contributed by atoms with Crippen LogP contribution < -0.4 is 5.73 Å². The fraction of sp³-hybridized carbons (Fsp3) is 0.400. The van der Waals surface area contributed by atoms with Gasteiger partial charge in [0.05, 0.1) is 26.0 Å². The molecule has 1 aliphatic heterocycles. The van der Waals surface area contributed by atoms with Gasteiger partial charge in [-0.05, 0) is 30.0 Å². The highest BCUT2D eigenvalue weighted by Gasteiger charge is 2.41. The first-order valence-corrected chi connectivity index (χ1v) is 7.76. The monoisotopic (exact) mass is 306 g/mol. The second-order valence-electron chi connectivity index (χ2n) is 5.28. The molecule has 2 N–H and O–H groups in total. The van der Waals surface area contributed by atoms with E-state index in [2.05, 4.69) is 0 Å². The van der Waals surface area contributed by atoms with Crippen molar-refractivity contribution in [2.75, 3.05) is 13.2 Å². The fourth-order valence-electron chi connectivity index (χ4n) is 2.45. The smallest absolute Gasteiger partial charge is 0.245 e. The van der Waals surface area contributed by atoms with Gasteiger partial charge in [0.15, 0.2) is 0 Å². The lowest BCUT2D eigenvalue weighted by atomic mass is 9.98. The van der Waals surface area contributed by atoms with Gasteiger partial charge in [0, 0.05) is 11.5 Å². The van der Waals surface area contributed by atoms with Crippen LogP contribution in [0.4, 0.5) is 0 Å². The molecule has 1 saturated heterocycles. The molecule has 1 atom stereocenters. The second-order valence-corrected chi connectivity index (χ2v) is 6.31. The normalized spacial score (nSPS) is 21.6. The van der Waals surface area contributed by atoms with Gasteiger partial charge < -0.3 is 19.8 Å². The third kappa shape index (κ3) is 3.18. The molecule has 0 spiro atoms. The topological polar surface area (TPSA) is 68.7 Å². The number of thiophene rings is 1. The number of ether oxygens (including phenoxy) is 1. The lowest BCUT2D eigenvalue weighted by molar-refractivity contribution is -0.138. The van der Waals surface area contributed by atoms with E-state index in [0.29, 0.717) is 26.1 Å². The first kappa shape index (κ1) is 14.3. The Morgan fingerprint density at radius 3 is 2.90 bits per heavy atom. The summed E-state index contributed by atoms with van der Waals surface area (Å²) in [7, 11) is 0. The van der Waals surface area contributed by atoms with Crippen LogP contribution in [0.25, 0.3) is 0 Å². The Bertz CT molecular complexity index is 538. The van der Waals surface area contributed by atoms with E-state index in [1.807, 2.05) is 29.6 Å². The fourth-order valence-corrected chi connectivity index (χ4v) is 3.16. The van der Waals surface area contributed by atoms with Gasteiger partial charge in [0.2, 0.25) is 5.91 Å². The van der Waals surface area contributed by atoms with Crippen LogP contribution in [-0.2, 0) is 22.6 Å². The Balaban J connectivity index is 1.79. The molecule has 2 aromatic rings. The third-order valence-corrected chi connectivity index (χ3v) is 4.48. The number of hydrogen-bond acceptors (Lipinski definition) is 5. The molecular formula is C15H18N2O3S. The minimum Gasteiger partial charge on any atom is -0.467 e. The maximum atomic E-state index is 12.8. The van der Waals surface area contributed by atoms with Gasteiger partial charge in [0.1, 0.15) is 11.3 Å². The van der Waals surface area contributed by atoms with Crippen molar-refractivity contribution in [3.8, 4) is 0 Å². The summed E-state index contributed by atoms with van der Waals surface area (Å²) in [6.45, 7) is 1.78. The standard InChI is InChI=1S/C15H18N2O3S/c16-15(5-7-19-11-15)14(18)17(9-12-3-1-6-20-12)10-13-4-2-8-21-13/h1-4,6,8H,5,7,9-11,16H2. The van der Waals surface area contributed by atoms with Gasteiger partial charge in [-0.25, -0.2) is 0 Å². The van der Waals surface area contributed by atoms with E-state index in [1.165, 1.54) is 0 Å². The molecule has 3 rings (SSSR count). The Hall–Kier alpha value is -1.63. The van der Waals surface area contributed by atoms with E-state index in [-0.39, 0.29) is 12.5 Å². The van der Waals surface area contributed by atoms with Crippen molar-refractivity contribution >= 4 is 17.2 Å². The van der Waals surface area contributed by atoms with Crippen molar-refractivity contribution in [3.05, 3.63) is 46.5 Å². The van der Waals surface area contributed by atoms with E-state index in [9.17, 15) is 4.79 Å². The number of furan rings is 1. The Morgan fingerprint density at radius 2 is 2.29 bits per heavy atom. The number of nitrogens with two attached hydrogens (primary N) is 1. The number of amides is 1. The summed E-state index contributed by atoms with van der Waals surface area (Å²) < 4.78 is 10.7. The zero-order chi connectivity index (χ0) is 14.7. The van der Waals surface area contributed by atoms with Gasteiger partial charge in [0.25, 0.3) is 0 Å². The summed E-state index contributed by atoms with van der Waals surface area (Å²) in [5, 5.41) is 2.00. The van der Waals surface area contributed by atoms with Crippen molar-refractivity contribution in [1.82, 2.24) is 4.90 Å². The Kier molecular flexibility index (Phi) is 4.10. The van der Waals surface area contributed by atoms with E-state index in [0.717, 1.165) is 10.6 Å². The molecule has 1 aliphatic rings. The summed E-state index contributed by atoms with van der Waals surface area (Å²) in [6, 6.07) is 7.68. The van der Waals surface area contributed by atoms with Crippen LogP contribution in [0.2, 0.25) is 0 Å². The van der Waals surface area contributed by atoms with Crippen LogP contribution in [-0.4, -0.2) is 29.6 Å². The van der Waals surface area contributed by atoms with Crippen LogP contribution >= 0.6 is 11.3 Å². The predicted molar refractivity (Wildman–Crippen MR) is 79.6 cm³/mol. The number of hydrogen-bond donors (Lipinski definition) is 1. The molecule has 0 aromatic carbocycles. The molecule has 3 heterocycles. The highest BCUT2D eigenvalue weighted by atomic mass is 32.1. The summed E-state index contributed by atoms with van der Waals surface area (Å²) >= 11 is 1.63. The molecule has 2 aromatic heterocycles. The molecule has 1 amide bonds.